The Balaban J connectivity index is 1.77. The minimum absolute atomic E-state index is 0.0978. The highest BCUT2D eigenvalue weighted by molar-refractivity contribution is 6.38. The predicted molar refractivity (Wildman–Crippen MR) is 118 cm³/mol. The maximum atomic E-state index is 12.7. The van der Waals surface area contributed by atoms with Gasteiger partial charge < -0.3 is 19.8 Å². The van der Waals surface area contributed by atoms with E-state index in [1.807, 2.05) is 26.0 Å². The van der Waals surface area contributed by atoms with Crippen molar-refractivity contribution in [3.05, 3.63) is 71.9 Å². The second-order valence-corrected chi connectivity index (χ2v) is 7.57. The van der Waals surface area contributed by atoms with Gasteiger partial charge in [0.2, 0.25) is 5.89 Å². The van der Waals surface area contributed by atoms with Crippen LogP contribution in [0.2, 0.25) is 0 Å². The molecule has 2 aromatic carbocycles. The molecule has 31 heavy (non-hydrogen) atoms. The van der Waals surface area contributed by atoms with Crippen molar-refractivity contribution in [3.8, 4) is 11.3 Å². The van der Waals surface area contributed by atoms with E-state index in [0.29, 0.717) is 22.1 Å². The lowest BCUT2D eigenvalue weighted by atomic mass is 9.93. The van der Waals surface area contributed by atoms with E-state index in [-0.39, 0.29) is 29.2 Å². The highest BCUT2D eigenvalue weighted by Gasteiger charge is 2.29. The van der Waals surface area contributed by atoms with Crippen molar-refractivity contribution in [2.45, 2.75) is 19.9 Å². The normalized spacial score (nSPS) is 12.2. The number of hydrogen-bond donors (Lipinski definition) is 3. The lowest BCUT2D eigenvalue weighted by molar-refractivity contribution is 0.0691. The van der Waals surface area contributed by atoms with Crippen LogP contribution in [0.1, 0.15) is 46.6 Å². The van der Waals surface area contributed by atoms with Crippen LogP contribution >= 0.6 is 0 Å². The second-order valence-electron chi connectivity index (χ2n) is 7.57. The molecule has 0 fully saturated rings. The number of aromatic amines is 1. The van der Waals surface area contributed by atoms with Crippen LogP contribution in [0.25, 0.3) is 22.2 Å². The Hall–Kier alpha value is -3.81. The van der Waals surface area contributed by atoms with Crippen LogP contribution in [0.5, 0.6) is 0 Å². The van der Waals surface area contributed by atoms with Gasteiger partial charge in [-0.1, -0.05) is 55.7 Å². The molecule has 1 amide bonds. The van der Waals surface area contributed by atoms with Crippen LogP contribution < -0.4 is 10.8 Å². The molecule has 154 valence electrons. The molecule has 0 aliphatic rings. The zero-order chi connectivity index (χ0) is 22.1. The maximum Gasteiger partial charge on any atom is 0.358 e. The minimum Gasteiger partial charge on any atom is -0.476 e. The molecular formula is C23H20BN3O4. The van der Waals surface area contributed by atoms with Gasteiger partial charge in [-0.3, -0.25) is 4.79 Å². The van der Waals surface area contributed by atoms with Gasteiger partial charge in [-0.2, -0.15) is 0 Å². The summed E-state index contributed by atoms with van der Waals surface area (Å²) in [5.74, 6) is -1.38. The predicted octanol–water partition coefficient (Wildman–Crippen LogP) is 3.44. The molecular weight excluding hydrogens is 393 g/mol. The highest BCUT2D eigenvalue weighted by atomic mass is 16.4. The minimum atomic E-state index is -1.22. The average molecular weight is 413 g/mol. The number of carbonyl (C=O) groups is 2. The Morgan fingerprint density at radius 3 is 2.55 bits per heavy atom. The van der Waals surface area contributed by atoms with Gasteiger partial charge in [0.25, 0.3) is 5.91 Å². The van der Waals surface area contributed by atoms with Gasteiger partial charge in [0.15, 0.2) is 11.5 Å². The van der Waals surface area contributed by atoms with Gasteiger partial charge in [0, 0.05) is 28.2 Å². The fourth-order valence-electron chi connectivity index (χ4n) is 3.49. The third kappa shape index (κ3) is 3.84. The van der Waals surface area contributed by atoms with Gasteiger partial charge >= 0.3 is 5.97 Å². The first-order chi connectivity index (χ1) is 14.9. The number of amides is 1. The first-order valence-corrected chi connectivity index (χ1v) is 9.82. The zero-order valence-electron chi connectivity index (χ0n) is 17.0. The lowest BCUT2D eigenvalue weighted by Gasteiger charge is -2.19. The number of H-pyrrole nitrogens is 1. The van der Waals surface area contributed by atoms with Crippen molar-refractivity contribution in [2.75, 3.05) is 0 Å². The summed E-state index contributed by atoms with van der Waals surface area (Å²) in [6.45, 7) is 3.79. The molecule has 0 aliphatic heterocycles. The summed E-state index contributed by atoms with van der Waals surface area (Å²) in [6, 6.07) is 13.5. The van der Waals surface area contributed by atoms with Crippen LogP contribution in [0.15, 0.2) is 59.1 Å². The Morgan fingerprint density at radius 2 is 1.87 bits per heavy atom. The number of aromatic nitrogens is 2. The number of hydrogen-bond acceptors (Lipinski definition) is 4. The summed E-state index contributed by atoms with van der Waals surface area (Å²) in [6.07, 6.45) is 1.64. The number of oxazole rings is 1. The van der Waals surface area contributed by atoms with E-state index in [9.17, 15) is 14.7 Å². The van der Waals surface area contributed by atoms with Crippen LogP contribution in [-0.2, 0) is 0 Å². The molecule has 2 heterocycles. The number of carboxylic acid groups (broad SMARTS) is 1. The largest absolute Gasteiger partial charge is 0.476 e. The number of carbonyl (C=O) groups excluding carboxylic acids is 1. The molecule has 0 bridgehead atoms. The maximum absolute atomic E-state index is 12.7. The van der Waals surface area contributed by atoms with Gasteiger partial charge in [-0.05, 0) is 18.1 Å². The average Bonchev–Trinajstić information content (AvgIpc) is 3.37. The highest BCUT2D eigenvalue weighted by Crippen LogP contribution is 2.34. The van der Waals surface area contributed by atoms with E-state index in [0.717, 1.165) is 5.39 Å². The zero-order valence-corrected chi connectivity index (χ0v) is 17.0. The molecule has 0 saturated heterocycles. The molecule has 2 radical (unpaired) electrons. The third-order valence-electron chi connectivity index (χ3n) is 5.09. The molecule has 0 spiro atoms. The molecule has 7 nitrogen and oxygen atoms in total. The standard InChI is InChI=1S/C23H20BN3O4/c1-12(2)17(26-21(28)13-7-4-3-5-8-13)22-27-19(23(29)30)20(31-22)15-11-25-18-14(15)9-6-10-16(18)24/h3-12,17,25H,1-2H3,(H,26,28)(H,29,30)/t17-/m0/s1. The fraction of sp³-hybridized carbons (Fsp3) is 0.174. The van der Waals surface area contributed by atoms with Crippen molar-refractivity contribution in [1.82, 2.24) is 15.3 Å². The first kappa shape index (κ1) is 20.5. The number of aromatic carboxylic acids is 1. The Bertz CT molecular complexity index is 1260. The smallest absolute Gasteiger partial charge is 0.358 e. The molecule has 4 aromatic rings. The van der Waals surface area contributed by atoms with Crippen molar-refractivity contribution < 1.29 is 19.1 Å². The topological polar surface area (TPSA) is 108 Å². The quantitative estimate of drug-likeness (QED) is 0.420. The number of carboxylic acids is 1. The summed E-state index contributed by atoms with van der Waals surface area (Å²) in [4.78, 5) is 31.9. The lowest BCUT2D eigenvalue weighted by Crippen LogP contribution is -2.32. The van der Waals surface area contributed by atoms with Crippen molar-refractivity contribution in [2.24, 2.45) is 5.92 Å². The number of fused-ring (bicyclic) bond motifs is 1. The van der Waals surface area contributed by atoms with E-state index in [1.165, 1.54) is 0 Å². The van der Waals surface area contributed by atoms with Gasteiger partial charge in [0.1, 0.15) is 13.9 Å². The summed E-state index contributed by atoms with van der Waals surface area (Å²) < 4.78 is 5.96. The van der Waals surface area contributed by atoms with Crippen LogP contribution in [0, 0.1) is 5.92 Å². The van der Waals surface area contributed by atoms with Gasteiger partial charge in [0.05, 0.1) is 0 Å². The van der Waals surface area contributed by atoms with Gasteiger partial charge in [-0.25, -0.2) is 9.78 Å². The van der Waals surface area contributed by atoms with E-state index in [1.54, 1.807) is 42.6 Å². The fourth-order valence-corrected chi connectivity index (χ4v) is 3.49. The second kappa shape index (κ2) is 8.14. The summed E-state index contributed by atoms with van der Waals surface area (Å²) in [7, 11) is 6.01. The number of para-hydroxylation sites is 1. The number of nitrogens with zero attached hydrogens (tertiary/aromatic N) is 1. The molecule has 0 unspecified atom stereocenters. The number of rotatable bonds is 6. The van der Waals surface area contributed by atoms with Crippen molar-refractivity contribution in [1.29, 1.82) is 0 Å². The Labute approximate surface area is 179 Å². The molecule has 0 aliphatic carbocycles. The van der Waals surface area contributed by atoms with Gasteiger partial charge in [-0.15, -0.1) is 0 Å². The van der Waals surface area contributed by atoms with Crippen molar-refractivity contribution >= 4 is 36.1 Å². The van der Waals surface area contributed by atoms with E-state index >= 15 is 0 Å². The van der Waals surface area contributed by atoms with Crippen molar-refractivity contribution in [3.63, 3.8) is 0 Å². The van der Waals surface area contributed by atoms with Crippen LogP contribution in [0.3, 0.4) is 0 Å². The first-order valence-electron chi connectivity index (χ1n) is 9.82. The van der Waals surface area contributed by atoms with Crippen LogP contribution in [0.4, 0.5) is 0 Å². The summed E-state index contributed by atoms with van der Waals surface area (Å²) in [5.41, 5.74) is 2.03. The summed E-state index contributed by atoms with van der Waals surface area (Å²) >= 11 is 0. The van der Waals surface area contributed by atoms with E-state index in [4.69, 9.17) is 12.3 Å². The van der Waals surface area contributed by atoms with Crippen LogP contribution in [-0.4, -0.2) is 34.8 Å². The molecule has 2 aromatic heterocycles. The Kier molecular flexibility index (Phi) is 5.37. The number of nitrogens with one attached hydrogen (secondary N) is 2. The SMILES string of the molecule is [B]c1cccc2c(-c3oc([C@@H](NC(=O)c4ccccc4)C(C)C)nc3C(=O)O)c[nH]c12. The monoisotopic (exact) mass is 413 g/mol. The molecule has 1 atom stereocenters. The number of benzene rings is 2. The molecule has 3 N–H and O–H groups in total. The Morgan fingerprint density at radius 1 is 1.13 bits per heavy atom. The summed E-state index contributed by atoms with van der Waals surface area (Å²) in [5, 5.41) is 13.4. The van der Waals surface area contributed by atoms with E-state index in [2.05, 4.69) is 15.3 Å². The van der Waals surface area contributed by atoms with E-state index < -0.39 is 12.0 Å². The third-order valence-corrected chi connectivity index (χ3v) is 5.09. The molecule has 8 heteroatoms. The molecule has 0 saturated carbocycles. The molecule has 4 rings (SSSR count).